The molecule has 0 fully saturated rings. The Kier molecular flexibility index (Phi) is 4.37. The van der Waals surface area contributed by atoms with Crippen LogP contribution in [0.25, 0.3) is 0 Å². The predicted molar refractivity (Wildman–Crippen MR) is 76.3 cm³/mol. The van der Waals surface area contributed by atoms with Crippen LogP contribution in [0.4, 0.5) is 0 Å². The Morgan fingerprint density at radius 1 is 1.06 bits per heavy atom. The molecule has 0 unspecified atom stereocenters. The molecule has 0 atom stereocenters. The lowest BCUT2D eigenvalue weighted by molar-refractivity contribution is 0.411. The smallest absolute Gasteiger partial charge is 0.134 e. The minimum Gasteiger partial charge on any atom is -0.496 e. The van der Waals surface area contributed by atoms with Crippen LogP contribution in [0.5, 0.6) is 5.75 Å². The second kappa shape index (κ2) is 5.80. The lowest BCUT2D eigenvalue weighted by Crippen LogP contribution is -1.84. The highest BCUT2D eigenvalue weighted by atomic mass is 79.9. The van der Waals surface area contributed by atoms with Gasteiger partial charge in [0.25, 0.3) is 0 Å². The van der Waals surface area contributed by atoms with Gasteiger partial charge >= 0.3 is 0 Å². The highest BCUT2D eigenvalue weighted by Crippen LogP contribution is 2.34. The molecule has 0 saturated carbocycles. The van der Waals surface area contributed by atoms with E-state index in [1.165, 1.54) is 0 Å². The zero-order valence-electron chi connectivity index (χ0n) is 9.11. The van der Waals surface area contributed by atoms with Crippen molar-refractivity contribution >= 4 is 39.3 Å². The molecule has 17 heavy (non-hydrogen) atoms. The summed E-state index contributed by atoms with van der Waals surface area (Å²) in [5, 5.41) is 0.753. The van der Waals surface area contributed by atoms with Gasteiger partial charge in [0.1, 0.15) is 5.75 Å². The Morgan fingerprint density at radius 3 is 2.35 bits per heavy atom. The molecule has 0 bridgehead atoms. The van der Waals surface area contributed by atoms with Crippen molar-refractivity contribution in [1.82, 2.24) is 0 Å². The van der Waals surface area contributed by atoms with Crippen LogP contribution >= 0.6 is 39.3 Å². The Bertz CT molecular complexity index is 513. The minimum absolute atomic E-state index is 0.753. The molecule has 0 N–H and O–H groups in total. The van der Waals surface area contributed by atoms with Crippen LogP contribution in [-0.2, 0) is 0 Å². The quantitative estimate of drug-likeness (QED) is 0.759. The molecule has 0 aliphatic carbocycles. The zero-order chi connectivity index (χ0) is 12.3. The fourth-order valence-electron chi connectivity index (χ4n) is 1.34. The van der Waals surface area contributed by atoms with Gasteiger partial charge < -0.3 is 4.74 Å². The molecule has 4 heteroatoms. The molecule has 88 valence electrons. The predicted octanol–water partition coefficient (Wildman–Crippen LogP) is 5.26. The van der Waals surface area contributed by atoms with Crippen molar-refractivity contribution in [1.29, 1.82) is 0 Å². The van der Waals surface area contributed by atoms with Gasteiger partial charge in [0.05, 0.1) is 11.6 Å². The van der Waals surface area contributed by atoms with Crippen LogP contribution in [-0.4, -0.2) is 7.11 Å². The lowest BCUT2D eigenvalue weighted by Gasteiger charge is -2.06. The monoisotopic (exact) mass is 328 g/mol. The van der Waals surface area contributed by atoms with E-state index in [0.717, 1.165) is 25.0 Å². The first-order valence-electron chi connectivity index (χ1n) is 4.96. The van der Waals surface area contributed by atoms with Crippen LogP contribution in [0.2, 0.25) is 5.02 Å². The summed E-state index contributed by atoms with van der Waals surface area (Å²) in [6.07, 6.45) is 0. The van der Waals surface area contributed by atoms with Crippen molar-refractivity contribution in [2.45, 2.75) is 9.79 Å². The van der Waals surface area contributed by atoms with Crippen molar-refractivity contribution in [3.05, 3.63) is 52.0 Å². The van der Waals surface area contributed by atoms with Gasteiger partial charge in [0.2, 0.25) is 0 Å². The summed E-state index contributed by atoms with van der Waals surface area (Å²) in [5.41, 5.74) is 0. The van der Waals surface area contributed by atoms with E-state index in [1.807, 2.05) is 42.5 Å². The largest absolute Gasteiger partial charge is 0.496 e. The second-order valence-electron chi connectivity index (χ2n) is 3.35. The van der Waals surface area contributed by atoms with Crippen LogP contribution in [0, 0.1) is 0 Å². The van der Waals surface area contributed by atoms with Gasteiger partial charge in [-0.15, -0.1) is 0 Å². The maximum absolute atomic E-state index is 5.85. The van der Waals surface area contributed by atoms with Crippen LogP contribution in [0.1, 0.15) is 0 Å². The molecule has 0 radical (unpaired) electrons. The van der Waals surface area contributed by atoms with E-state index in [-0.39, 0.29) is 0 Å². The topological polar surface area (TPSA) is 9.23 Å². The minimum atomic E-state index is 0.753. The van der Waals surface area contributed by atoms with Crippen LogP contribution in [0.15, 0.2) is 56.7 Å². The number of rotatable bonds is 3. The SMILES string of the molecule is COc1cc(Sc2ccc(Cl)cc2)ccc1Br. The molecular formula is C13H10BrClOS. The fraction of sp³-hybridized carbons (Fsp3) is 0.0769. The van der Waals surface area contributed by atoms with Gasteiger partial charge in [-0.05, 0) is 58.4 Å². The summed E-state index contributed by atoms with van der Waals surface area (Å²) < 4.78 is 6.22. The van der Waals surface area contributed by atoms with E-state index in [1.54, 1.807) is 18.9 Å². The van der Waals surface area contributed by atoms with E-state index in [4.69, 9.17) is 16.3 Å². The highest BCUT2D eigenvalue weighted by Gasteiger charge is 2.03. The molecule has 0 aromatic heterocycles. The summed E-state index contributed by atoms with van der Waals surface area (Å²) in [4.78, 5) is 2.28. The van der Waals surface area contributed by atoms with Gasteiger partial charge in [-0.3, -0.25) is 0 Å². The summed E-state index contributed by atoms with van der Waals surface area (Å²) in [5.74, 6) is 0.837. The van der Waals surface area contributed by atoms with E-state index in [2.05, 4.69) is 15.9 Å². The average Bonchev–Trinajstić information content (AvgIpc) is 2.34. The zero-order valence-corrected chi connectivity index (χ0v) is 12.3. The highest BCUT2D eigenvalue weighted by molar-refractivity contribution is 9.10. The van der Waals surface area contributed by atoms with Gasteiger partial charge in [-0.2, -0.15) is 0 Å². The normalized spacial score (nSPS) is 10.3. The number of methoxy groups -OCH3 is 1. The Hall–Kier alpha value is -0.640. The Labute approximate surface area is 118 Å². The molecular weight excluding hydrogens is 320 g/mol. The average molecular weight is 330 g/mol. The fourth-order valence-corrected chi connectivity index (χ4v) is 2.72. The van der Waals surface area contributed by atoms with Gasteiger partial charge in [0, 0.05) is 14.8 Å². The first kappa shape index (κ1) is 12.8. The summed E-state index contributed by atoms with van der Waals surface area (Å²) in [7, 11) is 1.66. The van der Waals surface area contributed by atoms with Crippen molar-refractivity contribution in [3.63, 3.8) is 0 Å². The van der Waals surface area contributed by atoms with Crippen molar-refractivity contribution in [2.75, 3.05) is 7.11 Å². The third kappa shape index (κ3) is 3.41. The first-order chi connectivity index (χ1) is 8.19. The standard InChI is InChI=1S/C13H10BrClOS/c1-16-13-8-11(6-7-12(13)14)17-10-4-2-9(15)3-5-10/h2-8H,1H3. The molecule has 0 amide bonds. The number of halogens is 2. The van der Waals surface area contributed by atoms with E-state index < -0.39 is 0 Å². The summed E-state index contributed by atoms with van der Waals surface area (Å²) in [6.45, 7) is 0. The molecule has 0 aliphatic heterocycles. The first-order valence-corrected chi connectivity index (χ1v) is 6.95. The number of ether oxygens (including phenoxy) is 1. The van der Waals surface area contributed by atoms with Gasteiger partial charge in [-0.1, -0.05) is 23.4 Å². The molecule has 2 aromatic carbocycles. The van der Waals surface area contributed by atoms with Crippen LogP contribution < -0.4 is 4.74 Å². The Morgan fingerprint density at radius 2 is 1.71 bits per heavy atom. The maximum atomic E-state index is 5.85. The van der Waals surface area contributed by atoms with Gasteiger partial charge in [0.15, 0.2) is 0 Å². The van der Waals surface area contributed by atoms with E-state index in [9.17, 15) is 0 Å². The molecule has 2 rings (SSSR count). The lowest BCUT2D eigenvalue weighted by atomic mass is 10.3. The molecule has 1 nitrogen and oxygen atoms in total. The second-order valence-corrected chi connectivity index (χ2v) is 5.79. The van der Waals surface area contributed by atoms with Crippen molar-refractivity contribution < 1.29 is 4.74 Å². The molecule has 0 saturated heterocycles. The number of hydrogen-bond acceptors (Lipinski definition) is 2. The summed E-state index contributed by atoms with van der Waals surface area (Å²) in [6, 6.07) is 13.8. The molecule has 2 aromatic rings. The van der Waals surface area contributed by atoms with Crippen LogP contribution in [0.3, 0.4) is 0 Å². The molecule has 0 aliphatic rings. The molecule has 0 heterocycles. The third-order valence-corrected chi connectivity index (χ3v) is 4.08. The molecule has 0 spiro atoms. The van der Waals surface area contributed by atoms with Crippen molar-refractivity contribution in [3.8, 4) is 5.75 Å². The third-order valence-electron chi connectivity index (χ3n) is 2.17. The maximum Gasteiger partial charge on any atom is 0.134 e. The van der Waals surface area contributed by atoms with Gasteiger partial charge in [-0.25, -0.2) is 0 Å². The number of hydrogen-bond donors (Lipinski definition) is 0. The van der Waals surface area contributed by atoms with Crippen molar-refractivity contribution in [2.24, 2.45) is 0 Å². The Balaban J connectivity index is 2.21. The van der Waals surface area contributed by atoms with E-state index >= 15 is 0 Å². The van der Waals surface area contributed by atoms with E-state index in [0.29, 0.717) is 0 Å². The number of benzene rings is 2. The summed E-state index contributed by atoms with van der Waals surface area (Å²) >= 11 is 11.0.